The van der Waals surface area contributed by atoms with Crippen LogP contribution in [0.1, 0.15) is 19.4 Å². The lowest BCUT2D eigenvalue weighted by Crippen LogP contribution is -2.59. The Morgan fingerprint density at radius 2 is 2.15 bits per heavy atom. The number of piperazine rings is 1. The van der Waals surface area contributed by atoms with E-state index in [-0.39, 0.29) is 11.4 Å². The lowest BCUT2D eigenvalue weighted by Gasteiger charge is -2.41. The first-order chi connectivity index (χ1) is 9.30. The SMILES string of the molecule is CC1(C)CNCCN1S(=O)(=O)c1cccc(F)c1C#N. The molecule has 0 radical (unpaired) electrons. The minimum Gasteiger partial charge on any atom is -0.314 e. The molecule has 0 aromatic heterocycles. The summed E-state index contributed by atoms with van der Waals surface area (Å²) in [5.41, 5.74) is -1.06. The van der Waals surface area contributed by atoms with Gasteiger partial charge < -0.3 is 5.32 Å². The topological polar surface area (TPSA) is 73.2 Å². The molecule has 1 aliphatic rings. The fraction of sp³-hybridized carbons (Fsp3) is 0.462. The molecule has 0 aliphatic carbocycles. The van der Waals surface area contributed by atoms with Gasteiger partial charge in [0.15, 0.2) is 0 Å². The Morgan fingerprint density at radius 1 is 1.45 bits per heavy atom. The normalized spacial score (nSPS) is 19.5. The number of nitrogens with zero attached hydrogens (tertiary/aromatic N) is 2. The van der Waals surface area contributed by atoms with Gasteiger partial charge in [-0.15, -0.1) is 0 Å². The summed E-state index contributed by atoms with van der Waals surface area (Å²) < 4.78 is 40.4. The molecule has 1 heterocycles. The molecule has 0 bridgehead atoms. The first-order valence-corrected chi connectivity index (χ1v) is 7.67. The van der Waals surface area contributed by atoms with E-state index in [9.17, 15) is 12.8 Å². The number of hydrogen-bond acceptors (Lipinski definition) is 4. The van der Waals surface area contributed by atoms with Gasteiger partial charge in [-0.05, 0) is 26.0 Å². The van der Waals surface area contributed by atoms with Crippen LogP contribution in [0.3, 0.4) is 0 Å². The van der Waals surface area contributed by atoms with E-state index in [1.54, 1.807) is 19.9 Å². The van der Waals surface area contributed by atoms with E-state index < -0.39 is 26.9 Å². The Labute approximate surface area is 118 Å². The largest absolute Gasteiger partial charge is 0.314 e. The van der Waals surface area contributed by atoms with Crippen molar-refractivity contribution in [1.82, 2.24) is 9.62 Å². The Bertz CT molecular complexity index is 665. The van der Waals surface area contributed by atoms with Crippen molar-refractivity contribution in [1.29, 1.82) is 5.26 Å². The van der Waals surface area contributed by atoms with Crippen LogP contribution in [-0.4, -0.2) is 37.9 Å². The predicted molar refractivity (Wildman–Crippen MR) is 72.0 cm³/mol. The molecule has 1 N–H and O–H groups in total. The quantitative estimate of drug-likeness (QED) is 0.886. The average Bonchev–Trinajstić information content (AvgIpc) is 2.37. The van der Waals surface area contributed by atoms with Gasteiger partial charge in [-0.3, -0.25) is 0 Å². The molecule has 20 heavy (non-hydrogen) atoms. The van der Waals surface area contributed by atoms with Gasteiger partial charge in [0.25, 0.3) is 0 Å². The van der Waals surface area contributed by atoms with Gasteiger partial charge in [-0.1, -0.05) is 6.07 Å². The van der Waals surface area contributed by atoms with Crippen LogP contribution >= 0.6 is 0 Å². The number of hydrogen-bond donors (Lipinski definition) is 1. The smallest absolute Gasteiger partial charge is 0.245 e. The maximum atomic E-state index is 13.6. The molecule has 0 atom stereocenters. The van der Waals surface area contributed by atoms with Gasteiger partial charge in [0, 0.05) is 25.2 Å². The highest BCUT2D eigenvalue weighted by Gasteiger charge is 2.40. The van der Waals surface area contributed by atoms with Crippen LogP contribution in [0.25, 0.3) is 0 Å². The number of nitriles is 1. The average molecular weight is 297 g/mol. The van der Waals surface area contributed by atoms with E-state index in [1.807, 2.05) is 0 Å². The van der Waals surface area contributed by atoms with E-state index in [0.29, 0.717) is 13.1 Å². The van der Waals surface area contributed by atoms with E-state index in [2.05, 4.69) is 5.32 Å². The Kier molecular flexibility index (Phi) is 3.82. The molecule has 1 saturated heterocycles. The first kappa shape index (κ1) is 14.9. The van der Waals surface area contributed by atoms with Crippen molar-refractivity contribution in [2.24, 2.45) is 0 Å². The molecule has 7 heteroatoms. The third-order valence-corrected chi connectivity index (χ3v) is 5.53. The Morgan fingerprint density at radius 3 is 2.75 bits per heavy atom. The van der Waals surface area contributed by atoms with Gasteiger partial charge in [0.1, 0.15) is 22.3 Å². The molecule has 1 aromatic rings. The molecular weight excluding hydrogens is 281 g/mol. The van der Waals surface area contributed by atoms with Gasteiger partial charge in [0.2, 0.25) is 10.0 Å². The van der Waals surface area contributed by atoms with Crippen molar-refractivity contribution in [3.63, 3.8) is 0 Å². The van der Waals surface area contributed by atoms with Crippen LogP contribution in [-0.2, 0) is 10.0 Å². The highest BCUT2D eigenvalue weighted by atomic mass is 32.2. The Hall–Kier alpha value is -1.49. The second-order valence-corrected chi connectivity index (χ2v) is 7.12. The monoisotopic (exact) mass is 297 g/mol. The fourth-order valence-electron chi connectivity index (χ4n) is 2.36. The summed E-state index contributed by atoms with van der Waals surface area (Å²) in [4.78, 5) is -0.269. The van der Waals surface area contributed by atoms with Crippen molar-refractivity contribution in [2.45, 2.75) is 24.3 Å². The molecule has 0 saturated carbocycles. The summed E-state index contributed by atoms with van der Waals surface area (Å²) in [6.45, 7) is 4.91. The maximum absolute atomic E-state index is 13.6. The van der Waals surface area contributed by atoms with Crippen molar-refractivity contribution in [3.8, 4) is 6.07 Å². The van der Waals surface area contributed by atoms with Crippen molar-refractivity contribution < 1.29 is 12.8 Å². The number of nitrogens with one attached hydrogen (secondary N) is 1. The third kappa shape index (κ3) is 2.42. The van der Waals surface area contributed by atoms with Crippen LogP contribution in [0.5, 0.6) is 0 Å². The van der Waals surface area contributed by atoms with Crippen LogP contribution in [0.4, 0.5) is 4.39 Å². The molecule has 2 rings (SSSR count). The number of sulfonamides is 1. The van der Waals surface area contributed by atoms with E-state index in [1.165, 1.54) is 16.4 Å². The number of halogens is 1. The third-order valence-electron chi connectivity index (χ3n) is 3.38. The summed E-state index contributed by atoms with van der Waals surface area (Å²) in [6, 6.07) is 5.30. The zero-order valence-electron chi connectivity index (χ0n) is 11.4. The summed E-state index contributed by atoms with van der Waals surface area (Å²) >= 11 is 0. The zero-order chi connectivity index (χ0) is 15.0. The molecule has 1 fully saturated rings. The lowest BCUT2D eigenvalue weighted by atomic mass is 10.0. The predicted octanol–water partition coefficient (Wildman–Crippen LogP) is 1.07. The van der Waals surface area contributed by atoms with Crippen LogP contribution in [0.2, 0.25) is 0 Å². The molecular formula is C13H16FN3O2S. The van der Waals surface area contributed by atoms with Crippen molar-refractivity contribution >= 4 is 10.0 Å². The van der Waals surface area contributed by atoms with Gasteiger partial charge in [-0.2, -0.15) is 9.57 Å². The highest BCUT2D eigenvalue weighted by Crippen LogP contribution is 2.28. The molecule has 0 unspecified atom stereocenters. The van der Waals surface area contributed by atoms with E-state index >= 15 is 0 Å². The summed E-state index contributed by atoms with van der Waals surface area (Å²) in [7, 11) is -3.90. The maximum Gasteiger partial charge on any atom is 0.245 e. The van der Waals surface area contributed by atoms with E-state index in [4.69, 9.17) is 5.26 Å². The van der Waals surface area contributed by atoms with E-state index in [0.717, 1.165) is 6.07 Å². The van der Waals surface area contributed by atoms with Crippen molar-refractivity contribution in [3.05, 3.63) is 29.6 Å². The second kappa shape index (κ2) is 5.13. The highest BCUT2D eigenvalue weighted by molar-refractivity contribution is 7.89. The molecule has 1 aromatic carbocycles. The summed E-state index contributed by atoms with van der Waals surface area (Å²) in [6.07, 6.45) is 0. The van der Waals surface area contributed by atoms with Crippen molar-refractivity contribution in [2.75, 3.05) is 19.6 Å². The summed E-state index contributed by atoms with van der Waals surface area (Å²) in [5.74, 6) is -0.818. The summed E-state index contributed by atoms with van der Waals surface area (Å²) in [5, 5.41) is 12.1. The zero-order valence-corrected chi connectivity index (χ0v) is 12.2. The van der Waals surface area contributed by atoms with Crippen LogP contribution in [0.15, 0.2) is 23.1 Å². The molecule has 0 amide bonds. The molecule has 1 aliphatic heterocycles. The van der Waals surface area contributed by atoms with Crippen LogP contribution in [0, 0.1) is 17.1 Å². The molecule has 0 spiro atoms. The van der Waals surface area contributed by atoms with Gasteiger partial charge in [0.05, 0.1) is 0 Å². The van der Waals surface area contributed by atoms with Gasteiger partial charge in [-0.25, -0.2) is 12.8 Å². The number of rotatable bonds is 2. The standard InChI is InChI=1S/C13H16FN3O2S/c1-13(2)9-16-6-7-17(13)20(18,19)12-5-3-4-11(14)10(12)8-15/h3-5,16H,6-7,9H2,1-2H3. The Balaban J connectivity index is 2.57. The second-order valence-electron chi connectivity index (χ2n) is 5.29. The molecule has 5 nitrogen and oxygen atoms in total. The molecule has 108 valence electrons. The minimum absolute atomic E-state index is 0.269. The lowest BCUT2D eigenvalue weighted by molar-refractivity contribution is 0.186. The first-order valence-electron chi connectivity index (χ1n) is 6.23. The van der Waals surface area contributed by atoms with Crippen LogP contribution < -0.4 is 5.32 Å². The minimum atomic E-state index is -3.90. The van der Waals surface area contributed by atoms with Gasteiger partial charge >= 0.3 is 0 Å². The number of benzene rings is 1. The fourth-order valence-corrected chi connectivity index (χ4v) is 4.29.